The Morgan fingerprint density at radius 3 is 0.833 bits per heavy atom. The van der Waals surface area contributed by atoms with Gasteiger partial charge in [0.15, 0.2) is 6.10 Å². The number of esters is 2. The molecule has 0 fully saturated rings. The average molecular weight is 1350 g/mol. The van der Waals surface area contributed by atoms with Gasteiger partial charge in [-0.25, -0.2) is 4.57 Å². The first-order chi connectivity index (χ1) is 47.0. The van der Waals surface area contributed by atoms with Crippen molar-refractivity contribution in [3.63, 3.8) is 0 Å². The van der Waals surface area contributed by atoms with Crippen molar-refractivity contribution in [2.24, 2.45) is 0 Å². The second kappa shape index (κ2) is 74.1. The maximum Gasteiger partial charge on any atom is 0.472 e. The number of unbranched alkanes of at least 4 members (excludes halogenated alkanes) is 22. The maximum absolute atomic E-state index is 12.9. The lowest BCUT2D eigenvalue weighted by molar-refractivity contribution is -0.870. The molecule has 542 valence electrons. The molecule has 10 heteroatoms. The molecule has 0 spiro atoms. The van der Waals surface area contributed by atoms with Crippen LogP contribution in [0.2, 0.25) is 0 Å². The van der Waals surface area contributed by atoms with Gasteiger partial charge in [-0.2, -0.15) is 0 Å². The lowest BCUT2D eigenvalue weighted by atomic mass is 10.0. The Bertz CT molecular complexity index is 2330. The smallest absolute Gasteiger partial charge is 0.462 e. The largest absolute Gasteiger partial charge is 0.472 e. The first kappa shape index (κ1) is 90.8. The van der Waals surface area contributed by atoms with Gasteiger partial charge >= 0.3 is 19.8 Å². The molecule has 0 radical (unpaired) electrons. The van der Waals surface area contributed by atoms with Crippen molar-refractivity contribution < 1.29 is 42.1 Å². The highest BCUT2D eigenvalue weighted by molar-refractivity contribution is 7.47. The zero-order valence-electron chi connectivity index (χ0n) is 61.8. The summed E-state index contributed by atoms with van der Waals surface area (Å²) < 4.78 is 34.8. The molecule has 0 aliphatic carbocycles. The number of likely N-dealkylation sites (N-methyl/N-ethyl adjacent to an activating group) is 1. The fraction of sp³-hybridized carbons (Fsp3) is 0.605. The number of allylic oxidation sites excluding steroid dienone is 32. The van der Waals surface area contributed by atoms with Crippen LogP contribution in [0.5, 0.6) is 0 Å². The third kappa shape index (κ3) is 77.9. The Kier molecular flexibility index (Phi) is 70.1. The van der Waals surface area contributed by atoms with E-state index in [0.29, 0.717) is 17.4 Å². The molecule has 0 aliphatic rings. The summed E-state index contributed by atoms with van der Waals surface area (Å²) in [6.45, 7) is 4.19. The number of phosphoric ester groups is 1. The second-order valence-corrected chi connectivity index (χ2v) is 27.4. The zero-order valence-corrected chi connectivity index (χ0v) is 62.7. The summed E-state index contributed by atoms with van der Waals surface area (Å²) in [7, 11) is 1.45. The zero-order chi connectivity index (χ0) is 69.7. The van der Waals surface area contributed by atoms with Gasteiger partial charge in [0.25, 0.3) is 0 Å². The summed E-state index contributed by atoms with van der Waals surface area (Å²) in [5.74, 6) is -0.813. The number of hydrogen-bond donors (Lipinski definition) is 1. The SMILES string of the molecule is CC/C=C\C/C=C\C/C=C\C/C=C\C/C=C\C/C=C\C/C=C\C/C=C\C/C=C\CCCCCCCCCCCC(=O)OC(COC(=O)CCCCCCCCCCCCCCC/C=C\C/C=C\C/C=C\C/C=C\C/C=C\C/C=C\C/C=C\CC)COP(=O)(O)OCC[N+](C)(C)C. The summed E-state index contributed by atoms with van der Waals surface area (Å²) in [6, 6.07) is 0. The molecule has 9 nitrogen and oxygen atoms in total. The highest BCUT2D eigenvalue weighted by Gasteiger charge is 2.27. The minimum absolute atomic E-state index is 0.0212. The molecule has 0 aromatic heterocycles. The first-order valence-electron chi connectivity index (χ1n) is 38.2. The molecule has 0 aliphatic heterocycles. The maximum atomic E-state index is 12.9. The van der Waals surface area contributed by atoms with Crippen molar-refractivity contribution in [2.75, 3.05) is 47.5 Å². The fourth-order valence-electron chi connectivity index (χ4n) is 9.87. The average Bonchev–Trinajstić information content (AvgIpc) is 2.72. The number of rotatable bonds is 68. The van der Waals surface area contributed by atoms with Crippen LogP contribution in [-0.4, -0.2) is 74.9 Å². The number of ether oxygens (including phenoxy) is 2. The third-order valence-corrected chi connectivity index (χ3v) is 16.6. The highest BCUT2D eigenvalue weighted by atomic mass is 31.2. The van der Waals surface area contributed by atoms with Crippen molar-refractivity contribution in [3.05, 3.63) is 194 Å². The molecule has 0 saturated heterocycles. The van der Waals surface area contributed by atoms with Gasteiger partial charge in [-0.05, 0) is 141 Å². The topological polar surface area (TPSA) is 108 Å². The predicted octanol–water partition coefficient (Wildman–Crippen LogP) is 25.6. The van der Waals surface area contributed by atoms with E-state index in [9.17, 15) is 19.0 Å². The van der Waals surface area contributed by atoms with E-state index in [4.69, 9.17) is 18.5 Å². The van der Waals surface area contributed by atoms with Crippen LogP contribution in [0, 0.1) is 0 Å². The van der Waals surface area contributed by atoms with Crippen LogP contribution in [0.15, 0.2) is 194 Å². The van der Waals surface area contributed by atoms with Gasteiger partial charge in [0.1, 0.15) is 19.8 Å². The number of carbonyl (C=O) groups is 2. The Morgan fingerprint density at radius 1 is 0.323 bits per heavy atom. The Morgan fingerprint density at radius 2 is 0.562 bits per heavy atom. The van der Waals surface area contributed by atoms with E-state index in [2.05, 4.69) is 208 Å². The molecule has 0 aromatic rings. The van der Waals surface area contributed by atoms with Crippen LogP contribution in [0.1, 0.15) is 284 Å². The minimum atomic E-state index is -4.41. The van der Waals surface area contributed by atoms with Crippen LogP contribution >= 0.6 is 7.82 Å². The molecule has 0 aromatic carbocycles. The standard InChI is InChI=1S/C86H140NO8P/c1-6-8-10-12-14-16-18-20-22-24-26-28-30-32-34-36-38-40-42-43-45-47-49-51-53-55-57-59-61-63-65-67-69-71-73-75-77-79-86(89)95-84(83-94-96(90,91)93-81-80-87(3,4)5)82-92-85(88)78-76-74-72-70-68-66-64-62-60-58-56-54-52-50-48-46-44-41-39-37-35-33-31-29-27-25-23-21-19-17-15-13-11-9-7-2/h8-11,14-17,20-23,26-29,32-35,38-41,43,45-46,48-49,51,55,57,84H,6-7,12-13,18-19,24-25,30-31,36-37,42,44,47,50,52-54,56,58-83H2,1-5H3/p+1/b10-8-,11-9-,16-14-,17-15-,22-20-,23-21-,28-26-,29-27-,34-32-,35-33-,40-38-,41-39-,45-43-,48-46-,51-49-,57-55-. The predicted molar refractivity (Wildman–Crippen MR) is 417 cm³/mol. The number of carbonyl (C=O) groups excluding carboxylic acids is 2. The summed E-state index contributed by atoms with van der Waals surface area (Å²) in [4.78, 5) is 36.0. The van der Waals surface area contributed by atoms with Crippen molar-refractivity contribution in [1.82, 2.24) is 0 Å². The highest BCUT2D eigenvalue weighted by Crippen LogP contribution is 2.43. The van der Waals surface area contributed by atoms with E-state index >= 15 is 0 Å². The summed E-state index contributed by atoms with van der Waals surface area (Å²) >= 11 is 0. The van der Waals surface area contributed by atoms with Crippen molar-refractivity contribution >= 4 is 19.8 Å². The number of hydrogen-bond acceptors (Lipinski definition) is 7. The molecule has 1 N–H and O–H groups in total. The first-order valence-corrected chi connectivity index (χ1v) is 39.7. The Balaban J connectivity index is 4.10. The lowest BCUT2D eigenvalue weighted by Gasteiger charge is -2.24. The molecular weight excluding hydrogens is 1210 g/mol. The Hall–Kier alpha value is -5.15. The van der Waals surface area contributed by atoms with Crippen molar-refractivity contribution in [1.29, 1.82) is 0 Å². The van der Waals surface area contributed by atoms with Gasteiger partial charge in [0, 0.05) is 12.8 Å². The van der Waals surface area contributed by atoms with E-state index in [1.54, 1.807) is 0 Å². The molecule has 0 heterocycles. The van der Waals surface area contributed by atoms with Crippen LogP contribution in [-0.2, 0) is 32.7 Å². The molecule has 0 saturated carbocycles. The van der Waals surface area contributed by atoms with Crippen LogP contribution in [0.4, 0.5) is 0 Å². The fourth-order valence-corrected chi connectivity index (χ4v) is 10.6. The van der Waals surface area contributed by atoms with Crippen molar-refractivity contribution in [2.45, 2.75) is 290 Å². The van der Waals surface area contributed by atoms with E-state index in [0.717, 1.165) is 148 Å². The van der Waals surface area contributed by atoms with Gasteiger partial charge in [-0.15, -0.1) is 0 Å². The van der Waals surface area contributed by atoms with E-state index in [1.807, 2.05) is 21.1 Å². The van der Waals surface area contributed by atoms with Crippen LogP contribution in [0.3, 0.4) is 0 Å². The van der Waals surface area contributed by atoms with Crippen LogP contribution < -0.4 is 0 Å². The number of phosphoric acid groups is 1. The minimum Gasteiger partial charge on any atom is -0.462 e. The Labute approximate surface area is 590 Å². The normalized spacial score (nSPS) is 14.2. The lowest BCUT2D eigenvalue weighted by Crippen LogP contribution is -2.37. The third-order valence-electron chi connectivity index (χ3n) is 15.6. The summed E-state index contributed by atoms with van der Waals surface area (Å²) in [5.41, 5.74) is 0. The van der Waals surface area contributed by atoms with Gasteiger partial charge in [0.05, 0.1) is 27.7 Å². The van der Waals surface area contributed by atoms with E-state index in [1.165, 1.54) is 103 Å². The quantitative estimate of drug-likeness (QED) is 0.0211. The molecular formula is C86H141NO8P+. The molecule has 96 heavy (non-hydrogen) atoms. The molecule has 2 unspecified atom stereocenters. The van der Waals surface area contributed by atoms with E-state index < -0.39 is 26.5 Å². The van der Waals surface area contributed by atoms with E-state index in [-0.39, 0.29) is 32.0 Å². The van der Waals surface area contributed by atoms with Gasteiger partial charge in [-0.1, -0.05) is 324 Å². The molecule has 2 atom stereocenters. The van der Waals surface area contributed by atoms with Gasteiger partial charge < -0.3 is 18.9 Å². The second-order valence-electron chi connectivity index (χ2n) is 25.9. The van der Waals surface area contributed by atoms with Crippen LogP contribution in [0.25, 0.3) is 0 Å². The number of nitrogens with zero attached hydrogens (tertiary/aromatic N) is 1. The van der Waals surface area contributed by atoms with Crippen molar-refractivity contribution in [3.8, 4) is 0 Å². The molecule has 0 amide bonds. The number of quaternary nitrogens is 1. The summed E-state index contributed by atoms with van der Waals surface area (Å²) in [5, 5.41) is 0. The molecule has 0 rings (SSSR count). The van der Waals surface area contributed by atoms with Gasteiger partial charge in [-0.3, -0.25) is 18.6 Å². The molecule has 0 bridgehead atoms. The monoisotopic (exact) mass is 1350 g/mol. The summed E-state index contributed by atoms with van der Waals surface area (Å²) in [6.07, 6.45) is 115. The van der Waals surface area contributed by atoms with Gasteiger partial charge in [0.2, 0.25) is 0 Å².